The van der Waals surface area contributed by atoms with E-state index >= 15 is 0 Å². The Labute approximate surface area is 102 Å². The molecule has 2 saturated heterocycles. The maximum Gasteiger partial charge on any atom is 0.129 e. The fourth-order valence-electron chi connectivity index (χ4n) is 3.56. The van der Waals surface area contributed by atoms with Crippen molar-refractivity contribution in [3.63, 3.8) is 0 Å². The highest BCUT2D eigenvalue weighted by Gasteiger charge is 2.45. The van der Waals surface area contributed by atoms with Gasteiger partial charge in [0.1, 0.15) is 5.15 Å². The fraction of sp³-hybridized carbons (Fsp3) is 0.615. The van der Waals surface area contributed by atoms with Crippen LogP contribution in [0, 0.1) is 0 Å². The third-order valence-electron chi connectivity index (χ3n) is 4.22. The second kappa shape index (κ2) is 4.01. The quantitative estimate of drug-likeness (QED) is 0.734. The standard InChI is InChI=1S/C13H17ClN2/c1-2-16-10-4-5-12(16)11(7-10)9-3-6-13(14)15-8-9/h3,6,8,10-12H,2,4-5,7H2,1H3/t10-,11+,12+/m0/s1. The lowest BCUT2D eigenvalue weighted by Gasteiger charge is -2.23. The zero-order valence-electron chi connectivity index (χ0n) is 9.56. The summed E-state index contributed by atoms with van der Waals surface area (Å²) in [6.07, 6.45) is 6.01. The fourth-order valence-corrected chi connectivity index (χ4v) is 3.67. The molecule has 0 amide bonds. The van der Waals surface area contributed by atoms with Gasteiger partial charge in [0, 0.05) is 24.2 Å². The van der Waals surface area contributed by atoms with Crippen molar-refractivity contribution >= 4 is 11.6 Å². The second-order valence-electron chi connectivity index (χ2n) is 4.89. The molecule has 3 rings (SSSR count). The highest BCUT2D eigenvalue weighted by molar-refractivity contribution is 6.29. The van der Waals surface area contributed by atoms with E-state index in [1.54, 1.807) is 0 Å². The Bertz CT molecular complexity index is 376. The normalized spacial score (nSPS) is 33.5. The van der Waals surface area contributed by atoms with Crippen molar-refractivity contribution < 1.29 is 0 Å². The van der Waals surface area contributed by atoms with Crippen molar-refractivity contribution in [2.45, 2.75) is 44.2 Å². The number of pyridine rings is 1. The van der Waals surface area contributed by atoms with Gasteiger partial charge in [-0.25, -0.2) is 4.98 Å². The van der Waals surface area contributed by atoms with Crippen molar-refractivity contribution in [3.8, 4) is 0 Å². The van der Waals surface area contributed by atoms with E-state index in [0.29, 0.717) is 11.1 Å². The lowest BCUT2D eigenvalue weighted by Crippen LogP contribution is -2.29. The zero-order chi connectivity index (χ0) is 11.1. The minimum absolute atomic E-state index is 0.597. The number of nitrogens with zero attached hydrogens (tertiary/aromatic N) is 2. The van der Waals surface area contributed by atoms with Crippen molar-refractivity contribution in [3.05, 3.63) is 29.0 Å². The van der Waals surface area contributed by atoms with Crippen molar-refractivity contribution in [1.82, 2.24) is 9.88 Å². The molecule has 0 saturated carbocycles. The first-order chi connectivity index (χ1) is 7.79. The highest BCUT2D eigenvalue weighted by Crippen LogP contribution is 2.46. The van der Waals surface area contributed by atoms with E-state index < -0.39 is 0 Å². The van der Waals surface area contributed by atoms with Crippen LogP contribution in [0.1, 0.15) is 37.7 Å². The lowest BCUT2D eigenvalue weighted by atomic mass is 9.85. The molecule has 0 aliphatic carbocycles. The minimum atomic E-state index is 0.597. The van der Waals surface area contributed by atoms with E-state index in [9.17, 15) is 0 Å². The van der Waals surface area contributed by atoms with Gasteiger partial charge in [0.15, 0.2) is 0 Å². The van der Waals surface area contributed by atoms with E-state index in [1.165, 1.54) is 31.4 Å². The van der Waals surface area contributed by atoms with Crippen molar-refractivity contribution in [2.24, 2.45) is 0 Å². The van der Waals surface area contributed by atoms with Gasteiger partial charge in [0.2, 0.25) is 0 Å². The van der Waals surface area contributed by atoms with Crippen LogP contribution in [0.15, 0.2) is 18.3 Å². The maximum absolute atomic E-state index is 5.83. The molecule has 3 heteroatoms. The Hall–Kier alpha value is -0.600. The zero-order valence-corrected chi connectivity index (χ0v) is 10.3. The van der Waals surface area contributed by atoms with Crippen LogP contribution >= 0.6 is 11.6 Å². The molecular weight excluding hydrogens is 220 g/mol. The first kappa shape index (κ1) is 10.5. The van der Waals surface area contributed by atoms with Crippen LogP contribution < -0.4 is 0 Å². The van der Waals surface area contributed by atoms with Gasteiger partial charge < -0.3 is 0 Å². The molecule has 2 aliphatic heterocycles. The molecule has 2 aliphatic rings. The predicted octanol–water partition coefficient (Wildman–Crippen LogP) is 3.08. The van der Waals surface area contributed by atoms with E-state index in [2.05, 4.69) is 22.9 Å². The predicted molar refractivity (Wildman–Crippen MR) is 65.8 cm³/mol. The Kier molecular flexibility index (Phi) is 2.64. The van der Waals surface area contributed by atoms with Crippen LogP contribution in [-0.2, 0) is 0 Å². The molecule has 0 N–H and O–H groups in total. The smallest absolute Gasteiger partial charge is 0.129 e. The molecule has 0 radical (unpaired) electrons. The monoisotopic (exact) mass is 236 g/mol. The van der Waals surface area contributed by atoms with E-state index in [4.69, 9.17) is 11.6 Å². The first-order valence-electron chi connectivity index (χ1n) is 6.16. The topological polar surface area (TPSA) is 16.1 Å². The highest BCUT2D eigenvalue weighted by atomic mass is 35.5. The molecule has 1 aromatic rings. The summed E-state index contributed by atoms with van der Waals surface area (Å²) in [5, 5.41) is 0.597. The molecule has 16 heavy (non-hydrogen) atoms. The summed E-state index contributed by atoms with van der Waals surface area (Å²) in [7, 11) is 0. The molecule has 3 heterocycles. The Balaban J connectivity index is 1.85. The van der Waals surface area contributed by atoms with Crippen LogP contribution in [-0.4, -0.2) is 28.5 Å². The number of likely N-dealkylation sites (N-methyl/N-ethyl adjacent to an activating group) is 1. The Morgan fingerprint density at radius 2 is 2.31 bits per heavy atom. The molecule has 2 fully saturated rings. The minimum Gasteiger partial charge on any atom is -0.297 e. The summed E-state index contributed by atoms with van der Waals surface area (Å²) < 4.78 is 0. The Morgan fingerprint density at radius 3 is 2.94 bits per heavy atom. The first-order valence-corrected chi connectivity index (χ1v) is 6.54. The Morgan fingerprint density at radius 1 is 1.44 bits per heavy atom. The van der Waals surface area contributed by atoms with Crippen molar-refractivity contribution in [2.75, 3.05) is 6.54 Å². The van der Waals surface area contributed by atoms with Crippen LogP contribution in [0.3, 0.4) is 0 Å². The number of aromatic nitrogens is 1. The molecule has 0 aromatic carbocycles. The average Bonchev–Trinajstić information content (AvgIpc) is 2.86. The van der Waals surface area contributed by atoms with Gasteiger partial charge in [0.25, 0.3) is 0 Å². The maximum atomic E-state index is 5.83. The molecule has 2 nitrogen and oxygen atoms in total. The third kappa shape index (κ3) is 1.56. The molecule has 1 aromatic heterocycles. The number of halogens is 1. The second-order valence-corrected chi connectivity index (χ2v) is 5.27. The lowest BCUT2D eigenvalue weighted by molar-refractivity contribution is 0.262. The van der Waals surface area contributed by atoms with Gasteiger partial charge >= 0.3 is 0 Å². The van der Waals surface area contributed by atoms with Gasteiger partial charge in [-0.1, -0.05) is 24.6 Å². The third-order valence-corrected chi connectivity index (χ3v) is 4.45. The van der Waals surface area contributed by atoms with Gasteiger partial charge in [-0.15, -0.1) is 0 Å². The van der Waals surface area contributed by atoms with Crippen LogP contribution in [0.25, 0.3) is 0 Å². The molecular formula is C13H17ClN2. The van der Waals surface area contributed by atoms with Crippen LogP contribution in [0.2, 0.25) is 5.15 Å². The van der Waals surface area contributed by atoms with E-state index in [0.717, 1.165) is 12.1 Å². The molecule has 2 bridgehead atoms. The van der Waals surface area contributed by atoms with Crippen LogP contribution in [0.5, 0.6) is 0 Å². The summed E-state index contributed by atoms with van der Waals surface area (Å²) in [6.45, 7) is 3.46. The van der Waals surface area contributed by atoms with Gasteiger partial charge in [-0.2, -0.15) is 0 Å². The number of fused-ring (bicyclic) bond motifs is 2. The molecule has 86 valence electrons. The molecule has 3 atom stereocenters. The molecule has 0 unspecified atom stereocenters. The summed E-state index contributed by atoms with van der Waals surface area (Å²) >= 11 is 5.83. The van der Waals surface area contributed by atoms with Gasteiger partial charge in [0.05, 0.1) is 0 Å². The van der Waals surface area contributed by atoms with Gasteiger partial charge in [-0.3, -0.25) is 4.90 Å². The van der Waals surface area contributed by atoms with Gasteiger partial charge in [-0.05, 0) is 37.4 Å². The van der Waals surface area contributed by atoms with Crippen LogP contribution in [0.4, 0.5) is 0 Å². The molecule has 0 spiro atoms. The summed E-state index contributed by atoms with van der Waals surface area (Å²) in [6, 6.07) is 5.63. The average molecular weight is 237 g/mol. The van der Waals surface area contributed by atoms with E-state index in [-0.39, 0.29) is 0 Å². The SMILES string of the molecule is CCN1[C@H]2CC[C@@H]1[C@@H](c1ccc(Cl)nc1)C2. The summed E-state index contributed by atoms with van der Waals surface area (Å²) in [4.78, 5) is 6.87. The number of hydrogen-bond acceptors (Lipinski definition) is 2. The largest absolute Gasteiger partial charge is 0.297 e. The number of hydrogen-bond donors (Lipinski definition) is 0. The summed E-state index contributed by atoms with van der Waals surface area (Å²) in [5.74, 6) is 0.684. The summed E-state index contributed by atoms with van der Waals surface area (Å²) in [5.41, 5.74) is 1.37. The van der Waals surface area contributed by atoms with E-state index in [1.807, 2.05) is 12.3 Å². The van der Waals surface area contributed by atoms with Crippen molar-refractivity contribution in [1.29, 1.82) is 0 Å². The number of rotatable bonds is 2.